The molecule has 0 saturated carbocycles. The summed E-state index contributed by atoms with van der Waals surface area (Å²) in [6.07, 6.45) is 6.47. The van der Waals surface area contributed by atoms with E-state index in [1.54, 1.807) is 7.11 Å². The van der Waals surface area contributed by atoms with Crippen LogP contribution in [0.5, 0.6) is 5.75 Å². The van der Waals surface area contributed by atoms with Gasteiger partial charge in [0.25, 0.3) is 0 Å². The number of aromatic nitrogens is 1. The zero-order valence-corrected chi connectivity index (χ0v) is 13.3. The second kappa shape index (κ2) is 6.83. The molecule has 2 aromatic rings. The lowest BCUT2D eigenvalue weighted by atomic mass is 10.1. The predicted octanol–water partition coefficient (Wildman–Crippen LogP) is 5.10. The van der Waals surface area contributed by atoms with E-state index in [1.807, 2.05) is 0 Å². The second-order valence-electron chi connectivity index (χ2n) is 5.51. The van der Waals surface area contributed by atoms with Crippen molar-refractivity contribution in [3.8, 4) is 5.75 Å². The zero-order valence-electron chi connectivity index (χ0n) is 13.3. The van der Waals surface area contributed by atoms with Crippen molar-refractivity contribution in [3.63, 3.8) is 0 Å². The van der Waals surface area contributed by atoms with Gasteiger partial charge in [0.05, 0.1) is 7.11 Å². The molecule has 0 saturated heterocycles. The first-order chi connectivity index (χ1) is 9.72. The Morgan fingerprint density at radius 2 is 1.90 bits per heavy atom. The topological polar surface area (TPSA) is 14.2 Å². The molecule has 2 nitrogen and oxygen atoms in total. The van der Waals surface area contributed by atoms with Crippen molar-refractivity contribution < 1.29 is 4.74 Å². The molecule has 0 radical (unpaired) electrons. The molecule has 0 aliphatic heterocycles. The van der Waals surface area contributed by atoms with Gasteiger partial charge in [-0.15, -0.1) is 0 Å². The van der Waals surface area contributed by atoms with Crippen molar-refractivity contribution in [3.05, 3.63) is 29.5 Å². The summed E-state index contributed by atoms with van der Waals surface area (Å²) in [7, 11) is 1.74. The monoisotopic (exact) mass is 273 g/mol. The highest BCUT2D eigenvalue weighted by molar-refractivity contribution is 5.86. The Morgan fingerprint density at radius 1 is 1.10 bits per heavy atom. The van der Waals surface area contributed by atoms with Crippen LogP contribution in [0.1, 0.15) is 50.8 Å². The number of benzene rings is 1. The molecule has 0 unspecified atom stereocenters. The van der Waals surface area contributed by atoms with Gasteiger partial charge in [-0.2, -0.15) is 0 Å². The van der Waals surface area contributed by atoms with Gasteiger partial charge < -0.3 is 9.30 Å². The van der Waals surface area contributed by atoms with Crippen molar-refractivity contribution >= 4 is 10.9 Å². The summed E-state index contributed by atoms with van der Waals surface area (Å²) in [5.41, 5.74) is 4.28. The highest BCUT2D eigenvalue weighted by Gasteiger charge is 2.13. The molecule has 110 valence electrons. The second-order valence-corrected chi connectivity index (χ2v) is 5.51. The molecule has 0 N–H and O–H groups in total. The Morgan fingerprint density at radius 3 is 2.55 bits per heavy atom. The molecule has 0 atom stereocenters. The molecule has 0 fully saturated rings. The predicted molar refractivity (Wildman–Crippen MR) is 86.7 cm³/mol. The molecular formula is C18H27NO. The van der Waals surface area contributed by atoms with Crippen molar-refractivity contribution in [2.45, 2.75) is 59.4 Å². The Hall–Kier alpha value is -1.44. The first-order valence-corrected chi connectivity index (χ1v) is 7.88. The van der Waals surface area contributed by atoms with Crippen LogP contribution >= 0.6 is 0 Å². The van der Waals surface area contributed by atoms with Gasteiger partial charge in [0.1, 0.15) is 5.75 Å². The van der Waals surface area contributed by atoms with Gasteiger partial charge in [0.2, 0.25) is 0 Å². The first kappa shape index (κ1) is 15.0. The Kier molecular flexibility index (Phi) is 5.11. The SMILES string of the molecule is CCCCCCc1c(C)c2cc(OC)ccc2n1CC. The lowest BCUT2D eigenvalue weighted by molar-refractivity contribution is 0.415. The van der Waals surface area contributed by atoms with Crippen LogP contribution in [0.2, 0.25) is 0 Å². The maximum Gasteiger partial charge on any atom is 0.119 e. The largest absolute Gasteiger partial charge is 0.497 e. The lowest BCUT2D eigenvalue weighted by Gasteiger charge is -2.09. The molecule has 0 bridgehead atoms. The summed E-state index contributed by atoms with van der Waals surface area (Å²) in [5, 5.41) is 1.34. The zero-order chi connectivity index (χ0) is 14.5. The van der Waals surface area contributed by atoms with Gasteiger partial charge in [-0.05, 0) is 50.5 Å². The normalized spacial score (nSPS) is 11.2. The molecule has 1 aromatic carbocycles. The highest BCUT2D eigenvalue weighted by Crippen LogP contribution is 2.30. The average Bonchev–Trinajstić information content (AvgIpc) is 2.75. The summed E-state index contributed by atoms with van der Waals surface area (Å²) in [5.74, 6) is 0.950. The number of rotatable bonds is 7. The number of nitrogens with zero attached hydrogens (tertiary/aromatic N) is 1. The van der Waals surface area contributed by atoms with Crippen molar-refractivity contribution in [2.24, 2.45) is 0 Å². The maximum atomic E-state index is 5.36. The molecular weight excluding hydrogens is 246 g/mol. The molecule has 2 heteroatoms. The van der Waals surface area contributed by atoms with Crippen LogP contribution in [0, 0.1) is 6.92 Å². The molecule has 2 rings (SSSR count). The maximum absolute atomic E-state index is 5.36. The molecule has 1 aromatic heterocycles. The summed E-state index contributed by atoms with van der Waals surface area (Å²) < 4.78 is 7.83. The van der Waals surface area contributed by atoms with E-state index in [0.717, 1.165) is 12.3 Å². The van der Waals surface area contributed by atoms with Crippen LogP contribution in [0.15, 0.2) is 18.2 Å². The van der Waals surface area contributed by atoms with Gasteiger partial charge in [-0.1, -0.05) is 26.2 Å². The molecule has 0 aliphatic rings. The summed E-state index contributed by atoms with van der Waals surface area (Å²) in [6, 6.07) is 6.43. The van der Waals surface area contributed by atoms with Gasteiger partial charge in [-0.25, -0.2) is 0 Å². The molecule has 0 amide bonds. The van der Waals surface area contributed by atoms with Crippen LogP contribution in [-0.2, 0) is 13.0 Å². The van der Waals surface area contributed by atoms with E-state index in [1.165, 1.54) is 54.3 Å². The minimum atomic E-state index is 0.950. The minimum Gasteiger partial charge on any atom is -0.497 e. The van der Waals surface area contributed by atoms with Crippen LogP contribution < -0.4 is 4.74 Å². The fourth-order valence-corrected chi connectivity index (χ4v) is 3.08. The summed E-state index contributed by atoms with van der Waals surface area (Å²) in [6.45, 7) is 7.79. The van der Waals surface area contributed by atoms with E-state index in [9.17, 15) is 0 Å². The van der Waals surface area contributed by atoms with Crippen LogP contribution in [0.3, 0.4) is 0 Å². The van der Waals surface area contributed by atoms with Gasteiger partial charge >= 0.3 is 0 Å². The number of aryl methyl sites for hydroxylation is 2. The Balaban J connectivity index is 2.34. The fraction of sp³-hybridized carbons (Fsp3) is 0.556. The fourth-order valence-electron chi connectivity index (χ4n) is 3.08. The van der Waals surface area contributed by atoms with E-state index < -0.39 is 0 Å². The number of methoxy groups -OCH3 is 1. The number of fused-ring (bicyclic) bond motifs is 1. The molecule has 1 heterocycles. The number of hydrogen-bond donors (Lipinski definition) is 0. The Labute approximate surface area is 122 Å². The third-order valence-electron chi connectivity index (χ3n) is 4.24. The molecule has 0 aliphatic carbocycles. The van der Waals surface area contributed by atoms with Crippen LogP contribution in [-0.4, -0.2) is 11.7 Å². The van der Waals surface area contributed by atoms with E-state index in [2.05, 4.69) is 43.5 Å². The number of hydrogen-bond acceptors (Lipinski definition) is 1. The quantitative estimate of drug-likeness (QED) is 0.640. The molecule has 20 heavy (non-hydrogen) atoms. The van der Waals surface area contributed by atoms with Crippen LogP contribution in [0.4, 0.5) is 0 Å². The lowest BCUT2D eigenvalue weighted by Crippen LogP contribution is -2.01. The number of ether oxygens (including phenoxy) is 1. The minimum absolute atomic E-state index is 0.950. The van der Waals surface area contributed by atoms with Gasteiger partial charge in [0.15, 0.2) is 0 Å². The Bertz CT molecular complexity index is 568. The third kappa shape index (κ3) is 2.84. The highest BCUT2D eigenvalue weighted by atomic mass is 16.5. The number of unbranched alkanes of at least 4 members (excludes halogenated alkanes) is 3. The molecule has 0 spiro atoms. The summed E-state index contributed by atoms with van der Waals surface area (Å²) >= 11 is 0. The van der Waals surface area contributed by atoms with E-state index in [0.29, 0.717) is 0 Å². The van der Waals surface area contributed by atoms with E-state index >= 15 is 0 Å². The summed E-state index contributed by atoms with van der Waals surface area (Å²) in [4.78, 5) is 0. The van der Waals surface area contributed by atoms with Crippen LogP contribution in [0.25, 0.3) is 10.9 Å². The average molecular weight is 273 g/mol. The standard InChI is InChI=1S/C18H27NO/c1-5-7-8-9-10-17-14(3)16-13-15(20-4)11-12-18(16)19(17)6-2/h11-13H,5-10H2,1-4H3. The third-order valence-corrected chi connectivity index (χ3v) is 4.24. The first-order valence-electron chi connectivity index (χ1n) is 7.88. The van der Waals surface area contributed by atoms with E-state index in [-0.39, 0.29) is 0 Å². The van der Waals surface area contributed by atoms with Crippen molar-refractivity contribution in [1.82, 2.24) is 4.57 Å². The van der Waals surface area contributed by atoms with Gasteiger partial charge in [-0.3, -0.25) is 0 Å². The smallest absolute Gasteiger partial charge is 0.119 e. The van der Waals surface area contributed by atoms with E-state index in [4.69, 9.17) is 4.74 Å². The van der Waals surface area contributed by atoms with Crippen molar-refractivity contribution in [1.29, 1.82) is 0 Å². The van der Waals surface area contributed by atoms with Crippen molar-refractivity contribution in [2.75, 3.05) is 7.11 Å². The van der Waals surface area contributed by atoms with Gasteiger partial charge in [0, 0.05) is 23.1 Å².